The molecule has 0 spiro atoms. The van der Waals surface area contributed by atoms with E-state index >= 15 is 4.39 Å². The average molecular weight is 632 g/mol. The number of fused-ring (bicyclic) bond motifs is 2. The molecule has 45 heavy (non-hydrogen) atoms. The van der Waals surface area contributed by atoms with Crippen LogP contribution in [0.25, 0.3) is 37.6 Å². The number of anilines is 1. The third-order valence-electron chi connectivity index (χ3n) is 8.80. The molecule has 12 heteroatoms. The summed E-state index contributed by atoms with van der Waals surface area (Å²) in [7, 11) is 2.05. The van der Waals surface area contributed by atoms with Gasteiger partial charge in [-0.15, -0.1) is 0 Å². The van der Waals surface area contributed by atoms with Gasteiger partial charge >= 0.3 is 6.01 Å². The number of aromatic nitrogens is 2. The number of carbonyl (C=O) groups is 1. The molecular formula is C33H35ClFN7O3. The average Bonchev–Trinajstić information content (AvgIpc) is 3.44. The Labute approximate surface area is 266 Å². The number of nitrogens with zero attached hydrogens (tertiary/aromatic N) is 6. The lowest BCUT2D eigenvalue weighted by atomic mass is 9.96. The number of likely N-dealkylation sites (N-methyl/N-ethyl adjacent to an activating group) is 1. The van der Waals surface area contributed by atoms with E-state index in [1.54, 1.807) is 17.0 Å². The van der Waals surface area contributed by atoms with Crippen molar-refractivity contribution in [2.75, 3.05) is 57.8 Å². The van der Waals surface area contributed by atoms with Gasteiger partial charge in [-0.25, -0.2) is 11.0 Å². The Morgan fingerprint density at radius 3 is 2.76 bits per heavy atom. The Hall–Kier alpha value is -4.24. The van der Waals surface area contributed by atoms with Crippen LogP contribution in [0, 0.1) is 12.4 Å². The SMILES string of the molecule is [C-]#[N+]C[C@H]1CN(c2nc(OC[C@@H]3CCCN3C)nc3c(F)c(-c4cc(O)cc5ccccc45)c(Cl)cc23)CCN1C(=O)CCN. The number of hydrogen-bond acceptors (Lipinski definition) is 8. The van der Waals surface area contributed by atoms with Crippen molar-refractivity contribution < 1.29 is 19.0 Å². The van der Waals surface area contributed by atoms with Gasteiger partial charge in [0, 0.05) is 49.6 Å². The van der Waals surface area contributed by atoms with E-state index in [9.17, 15) is 9.90 Å². The van der Waals surface area contributed by atoms with Crippen molar-refractivity contribution >= 4 is 45.0 Å². The molecule has 234 valence electrons. The number of likely N-dealkylation sites (tertiary alicyclic amines) is 1. The largest absolute Gasteiger partial charge is 0.508 e. The number of carbonyl (C=O) groups excluding carboxylic acids is 1. The topological polar surface area (TPSA) is 112 Å². The molecule has 0 saturated carbocycles. The monoisotopic (exact) mass is 631 g/mol. The number of amides is 1. The number of halogens is 2. The molecule has 3 heterocycles. The molecule has 4 aromatic rings. The van der Waals surface area contributed by atoms with E-state index < -0.39 is 11.9 Å². The lowest BCUT2D eigenvalue weighted by Crippen LogP contribution is -2.56. The summed E-state index contributed by atoms with van der Waals surface area (Å²) in [4.78, 5) is 31.6. The fourth-order valence-electron chi connectivity index (χ4n) is 6.48. The van der Waals surface area contributed by atoms with Gasteiger partial charge in [-0.1, -0.05) is 35.9 Å². The van der Waals surface area contributed by atoms with Crippen molar-refractivity contribution in [3.8, 4) is 22.9 Å². The van der Waals surface area contributed by atoms with Crippen molar-refractivity contribution in [3.63, 3.8) is 0 Å². The summed E-state index contributed by atoms with van der Waals surface area (Å²) in [6.07, 6.45) is 2.25. The van der Waals surface area contributed by atoms with Crippen LogP contribution in [0.3, 0.4) is 0 Å². The van der Waals surface area contributed by atoms with Gasteiger partial charge in [0.2, 0.25) is 12.5 Å². The summed E-state index contributed by atoms with van der Waals surface area (Å²) in [5, 5.41) is 12.5. The maximum Gasteiger partial charge on any atom is 0.319 e. The summed E-state index contributed by atoms with van der Waals surface area (Å²) in [6, 6.07) is 12.0. The van der Waals surface area contributed by atoms with Crippen LogP contribution >= 0.6 is 11.6 Å². The van der Waals surface area contributed by atoms with E-state index in [2.05, 4.69) is 14.7 Å². The molecule has 2 fully saturated rings. The first-order valence-corrected chi connectivity index (χ1v) is 15.5. The molecule has 0 aliphatic carbocycles. The van der Waals surface area contributed by atoms with E-state index in [0.717, 1.165) is 30.2 Å². The van der Waals surface area contributed by atoms with Crippen LogP contribution in [-0.4, -0.2) is 95.8 Å². The Morgan fingerprint density at radius 2 is 2.00 bits per heavy atom. The third-order valence-corrected chi connectivity index (χ3v) is 9.10. The van der Waals surface area contributed by atoms with Gasteiger partial charge in [-0.2, -0.15) is 9.97 Å². The number of piperazine rings is 1. The Balaban J connectivity index is 1.47. The lowest BCUT2D eigenvalue weighted by Gasteiger charge is -2.40. The molecule has 1 aromatic heterocycles. The highest BCUT2D eigenvalue weighted by atomic mass is 35.5. The second kappa shape index (κ2) is 13.0. The highest BCUT2D eigenvalue weighted by Crippen LogP contribution is 2.42. The fraction of sp³-hybridized carbons (Fsp3) is 0.394. The predicted molar refractivity (Wildman–Crippen MR) is 173 cm³/mol. The van der Waals surface area contributed by atoms with Gasteiger partial charge in [0.1, 0.15) is 29.7 Å². The van der Waals surface area contributed by atoms with Crippen LogP contribution < -0.4 is 15.4 Å². The zero-order valence-corrected chi connectivity index (χ0v) is 25.8. The molecule has 2 saturated heterocycles. The minimum Gasteiger partial charge on any atom is -0.508 e. The van der Waals surface area contributed by atoms with E-state index in [0.29, 0.717) is 43.0 Å². The Kier molecular flexibility index (Phi) is 8.90. The van der Waals surface area contributed by atoms with E-state index in [-0.39, 0.29) is 59.3 Å². The summed E-state index contributed by atoms with van der Waals surface area (Å²) < 4.78 is 22.9. The van der Waals surface area contributed by atoms with E-state index in [1.807, 2.05) is 36.2 Å². The molecule has 6 rings (SSSR count). The second-order valence-corrected chi connectivity index (χ2v) is 12.0. The zero-order valence-electron chi connectivity index (χ0n) is 25.0. The van der Waals surface area contributed by atoms with Crippen LogP contribution in [0.15, 0.2) is 42.5 Å². The van der Waals surface area contributed by atoms with E-state index in [1.165, 1.54) is 6.07 Å². The smallest absolute Gasteiger partial charge is 0.319 e. The predicted octanol–water partition coefficient (Wildman–Crippen LogP) is 4.71. The minimum atomic E-state index is -0.658. The second-order valence-electron chi connectivity index (χ2n) is 11.6. The molecule has 2 atom stereocenters. The quantitative estimate of drug-likeness (QED) is 0.269. The maximum atomic E-state index is 16.8. The van der Waals surface area contributed by atoms with Crippen molar-refractivity contribution in [1.29, 1.82) is 0 Å². The number of benzene rings is 3. The van der Waals surface area contributed by atoms with Crippen LogP contribution in [-0.2, 0) is 4.79 Å². The molecule has 0 bridgehead atoms. The number of hydrogen-bond donors (Lipinski definition) is 2. The molecule has 2 aliphatic heterocycles. The van der Waals surface area contributed by atoms with Gasteiger partial charge in [0.05, 0.1) is 5.02 Å². The summed E-state index contributed by atoms with van der Waals surface area (Å²) in [6.45, 7) is 10.2. The normalized spacial score (nSPS) is 18.9. The first-order valence-electron chi connectivity index (χ1n) is 15.1. The zero-order chi connectivity index (χ0) is 31.7. The number of ether oxygens (including phenoxy) is 1. The van der Waals surface area contributed by atoms with Crippen molar-refractivity contribution in [2.45, 2.75) is 31.3 Å². The van der Waals surface area contributed by atoms with Gasteiger partial charge in [0.25, 0.3) is 0 Å². The maximum absolute atomic E-state index is 16.8. The van der Waals surface area contributed by atoms with Crippen LogP contribution in [0.1, 0.15) is 19.3 Å². The third kappa shape index (κ3) is 6.06. The molecule has 0 radical (unpaired) electrons. The molecule has 1 amide bonds. The van der Waals surface area contributed by atoms with Gasteiger partial charge in [-0.3, -0.25) is 4.79 Å². The number of aromatic hydroxyl groups is 1. The molecule has 0 unspecified atom stereocenters. The highest BCUT2D eigenvalue weighted by molar-refractivity contribution is 6.35. The van der Waals surface area contributed by atoms with Crippen molar-refractivity contribution in [1.82, 2.24) is 19.8 Å². The summed E-state index contributed by atoms with van der Waals surface area (Å²) in [5.74, 6) is -0.349. The molecule has 3 aromatic carbocycles. The van der Waals surface area contributed by atoms with E-state index in [4.69, 9.17) is 33.6 Å². The van der Waals surface area contributed by atoms with Crippen LogP contribution in [0.2, 0.25) is 5.02 Å². The van der Waals surface area contributed by atoms with Gasteiger partial charge in [-0.05, 0) is 61.0 Å². The lowest BCUT2D eigenvalue weighted by molar-refractivity contribution is -0.133. The van der Waals surface area contributed by atoms with Crippen LogP contribution in [0.5, 0.6) is 11.8 Å². The van der Waals surface area contributed by atoms with Crippen LogP contribution in [0.4, 0.5) is 10.2 Å². The highest BCUT2D eigenvalue weighted by Gasteiger charge is 2.34. The number of rotatable bonds is 8. The number of nitrogens with two attached hydrogens (primary N) is 1. The molecule has 2 aliphatic rings. The Morgan fingerprint density at radius 1 is 1.18 bits per heavy atom. The summed E-state index contributed by atoms with van der Waals surface area (Å²) in [5.41, 5.74) is 6.23. The van der Waals surface area contributed by atoms with Crippen molar-refractivity contribution in [3.05, 3.63) is 64.7 Å². The van der Waals surface area contributed by atoms with Gasteiger partial charge < -0.3 is 35.1 Å². The van der Waals surface area contributed by atoms with Gasteiger partial charge in [0.15, 0.2) is 5.82 Å². The Bertz CT molecular complexity index is 1800. The first kappa shape index (κ1) is 30.8. The standard InChI is InChI=1S/C33H35ClFN7O3/c1-37-17-22-18-41(12-13-42(22)28(44)9-10-36)32-26-16-27(34)29(25-15-23(43)14-20-6-3-4-8-24(20)25)30(35)31(26)38-33(39-32)45-19-21-7-5-11-40(21)2/h3-4,6,8,14-16,21-22,43H,5,7,9-13,17-19,36H2,2H3/t21-,22-/m0/s1. The number of phenols is 1. The fourth-order valence-corrected chi connectivity index (χ4v) is 6.77. The molecular weight excluding hydrogens is 597 g/mol. The first-order chi connectivity index (χ1) is 21.8. The van der Waals surface area contributed by atoms with Crippen molar-refractivity contribution in [2.24, 2.45) is 5.73 Å². The number of phenolic OH excluding ortho intramolecular Hbond substituents is 1. The molecule has 3 N–H and O–H groups in total. The molecule has 10 nitrogen and oxygen atoms in total. The minimum absolute atomic E-state index is 0.0137. The summed E-state index contributed by atoms with van der Waals surface area (Å²) >= 11 is 6.85.